The molecule has 5 nitrogen and oxygen atoms in total. The maximum absolute atomic E-state index is 13.6. The third-order valence-electron chi connectivity index (χ3n) is 5.88. The number of hydrogen-bond acceptors (Lipinski definition) is 3. The standard InChI is InChI=1S/C30H35BrN2O3/c1-21(2)25-12-16-27(17-13-25)36-20-29(34)33(19-24-10-14-26(31)15-11-24)28(30(35)32-22(3)4)18-23-8-6-5-7-9-23/h5-17,21-22,28H,18-20H2,1-4H3,(H,32,35)/t28-/m0/s1. The van der Waals surface area contributed by atoms with Gasteiger partial charge < -0.3 is 15.0 Å². The van der Waals surface area contributed by atoms with Gasteiger partial charge in [-0.05, 0) is 60.7 Å². The van der Waals surface area contributed by atoms with E-state index in [0.29, 0.717) is 24.6 Å². The molecule has 0 heterocycles. The molecule has 0 spiro atoms. The van der Waals surface area contributed by atoms with Gasteiger partial charge in [-0.3, -0.25) is 9.59 Å². The van der Waals surface area contributed by atoms with Gasteiger partial charge in [-0.1, -0.05) is 84.4 Å². The van der Waals surface area contributed by atoms with Gasteiger partial charge in [0.15, 0.2) is 6.61 Å². The highest BCUT2D eigenvalue weighted by molar-refractivity contribution is 9.10. The number of amides is 2. The molecular formula is C30H35BrN2O3. The van der Waals surface area contributed by atoms with Crippen LogP contribution in [0.3, 0.4) is 0 Å². The van der Waals surface area contributed by atoms with E-state index in [-0.39, 0.29) is 24.5 Å². The molecular weight excluding hydrogens is 516 g/mol. The molecule has 36 heavy (non-hydrogen) atoms. The molecule has 1 N–H and O–H groups in total. The van der Waals surface area contributed by atoms with Gasteiger partial charge in [0.2, 0.25) is 5.91 Å². The van der Waals surface area contributed by atoms with Gasteiger partial charge in [0.25, 0.3) is 5.91 Å². The lowest BCUT2D eigenvalue weighted by molar-refractivity contribution is -0.143. The lowest BCUT2D eigenvalue weighted by Gasteiger charge is -2.32. The first kappa shape index (κ1) is 27.5. The number of halogens is 1. The second-order valence-electron chi connectivity index (χ2n) is 9.53. The predicted molar refractivity (Wildman–Crippen MR) is 148 cm³/mol. The van der Waals surface area contributed by atoms with Gasteiger partial charge in [0.05, 0.1) is 0 Å². The highest BCUT2D eigenvalue weighted by Gasteiger charge is 2.31. The molecule has 0 aliphatic carbocycles. The van der Waals surface area contributed by atoms with E-state index < -0.39 is 6.04 Å². The molecule has 1 atom stereocenters. The number of nitrogens with one attached hydrogen (secondary N) is 1. The number of carbonyl (C=O) groups excluding carboxylic acids is 2. The fourth-order valence-corrected chi connectivity index (χ4v) is 4.16. The van der Waals surface area contributed by atoms with E-state index in [2.05, 4.69) is 35.1 Å². The molecule has 0 saturated heterocycles. The van der Waals surface area contributed by atoms with Crippen molar-refractivity contribution in [1.29, 1.82) is 0 Å². The van der Waals surface area contributed by atoms with Crippen molar-refractivity contribution in [1.82, 2.24) is 10.2 Å². The minimum atomic E-state index is -0.683. The molecule has 0 aliphatic rings. The Balaban J connectivity index is 1.87. The molecule has 3 rings (SSSR count). The Labute approximate surface area is 223 Å². The Morgan fingerprint density at radius 1 is 0.861 bits per heavy atom. The van der Waals surface area contributed by atoms with Crippen molar-refractivity contribution >= 4 is 27.7 Å². The van der Waals surface area contributed by atoms with Crippen LogP contribution < -0.4 is 10.1 Å². The largest absolute Gasteiger partial charge is 0.484 e. The van der Waals surface area contributed by atoms with Crippen molar-refractivity contribution < 1.29 is 14.3 Å². The van der Waals surface area contributed by atoms with E-state index in [9.17, 15) is 9.59 Å². The highest BCUT2D eigenvalue weighted by atomic mass is 79.9. The van der Waals surface area contributed by atoms with E-state index >= 15 is 0 Å². The molecule has 0 aliphatic heterocycles. The topological polar surface area (TPSA) is 58.6 Å². The lowest BCUT2D eigenvalue weighted by atomic mass is 10.0. The van der Waals surface area contributed by atoms with Crippen LogP contribution in [0, 0.1) is 0 Å². The Morgan fingerprint density at radius 3 is 2.08 bits per heavy atom. The van der Waals surface area contributed by atoms with Crippen molar-refractivity contribution in [2.75, 3.05) is 6.61 Å². The van der Waals surface area contributed by atoms with Crippen molar-refractivity contribution in [3.63, 3.8) is 0 Å². The van der Waals surface area contributed by atoms with E-state index in [1.165, 1.54) is 5.56 Å². The number of rotatable bonds is 11. The summed E-state index contributed by atoms with van der Waals surface area (Å²) in [4.78, 5) is 28.6. The molecule has 3 aromatic carbocycles. The monoisotopic (exact) mass is 550 g/mol. The summed E-state index contributed by atoms with van der Waals surface area (Å²) in [6.07, 6.45) is 0.407. The lowest BCUT2D eigenvalue weighted by Crippen LogP contribution is -2.52. The summed E-state index contributed by atoms with van der Waals surface area (Å²) in [5.41, 5.74) is 3.13. The molecule has 190 valence electrons. The first-order valence-electron chi connectivity index (χ1n) is 12.3. The SMILES string of the molecule is CC(C)NC(=O)[C@H](Cc1ccccc1)N(Cc1ccc(Br)cc1)C(=O)COc1ccc(C(C)C)cc1. The van der Waals surface area contributed by atoms with Crippen LogP contribution in [0.1, 0.15) is 50.3 Å². The summed E-state index contributed by atoms with van der Waals surface area (Å²) in [6, 6.07) is 24.6. The number of benzene rings is 3. The third-order valence-corrected chi connectivity index (χ3v) is 6.41. The first-order chi connectivity index (χ1) is 17.2. The van der Waals surface area contributed by atoms with Gasteiger partial charge in [0, 0.05) is 23.5 Å². The zero-order chi connectivity index (χ0) is 26.1. The van der Waals surface area contributed by atoms with Crippen molar-refractivity contribution in [3.8, 4) is 5.75 Å². The first-order valence-corrected chi connectivity index (χ1v) is 13.1. The smallest absolute Gasteiger partial charge is 0.261 e. The number of carbonyl (C=O) groups is 2. The van der Waals surface area contributed by atoms with Crippen LogP contribution in [-0.4, -0.2) is 35.4 Å². The normalized spacial score (nSPS) is 11.9. The van der Waals surface area contributed by atoms with Crippen LogP contribution in [-0.2, 0) is 22.6 Å². The molecule has 0 unspecified atom stereocenters. The average Bonchev–Trinajstić information content (AvgIpc) is 2.86. The van der Waals surface area contributed by atoms with E-state index in [1.54, 1.807) is 4.90 Å². The predicted octanol–water partition coefficient (Wildman–Crippen LogP) is 6.12. The molecule has 3 aromatic rings. The summed E-state index contributed by atoms with van der Waals surface area (Å²) in [6.45, 7) is 8.25. The van der Waals surface area contributed by atoms with Gasteiger partial charge in [-0.25, -0.2) is 0 Å². The molecule has 0 radical (unpaired) electrons. The maximum atomic E-state index is 13.6. The summed E-state index contributed by atoms with van der Waals surface area (Å²) in [5, 5.41) is 3.00. The van der Waals surface area contributed by atoms with E-state index in [0.717, 1.165) is 15.6 Å². The Hall–Kier alpha value is -3.12. The van der Waals surface area contributed by atoms with Crippen molar-refractivity contribution in [2.45, 2.75) is 58.7 Å². The quantitative estimate of drug-likeness (QED) is 0.313. The zero-order valence-corrected chi connectivity index (χ0v) is 23.0. The number of hydrogen-bond donors (Lipinski definition) is 1. The van der Waals surface area contributed by atoms with Crippen molar-refractivity contribution in [2.24, 2.45) is 0 Å². The van der Waals surface area contributed by atoms with Gasteiger partial charge >= 0.3 is 0 Å². The fourth-order valence-electron chi connectivity index (χ4n) is 3.90. The Morgan fingerprint density at radius 2 is 1.50 bits per heavy atom. The molecule has 6 heteroatoms. The maximum Gasteiger partial charge on any atom is 0.261 e. The van der Waals surface area contributed by atoms with Crippen LogP contribution in [0.4, 0.5) is 0 Å². The number of nitrogens with zero attached hydrogens (tertiary/aromatic N) is 1. The average molecular weight is 552 g/mol. The molecule has 0 fully saturated rings. The zero-order valence-electron chi connectivity index (χ0n) is 21.4. The minimum Gasteiger partial charge on any atom is -0.484 e. The van der Waals surface area contributed by atoms with Crippen LogP contribution >= 0.6 is 15.9 Å². The third kappa shape index (κ3) is 8.23. The molecule has 2 amide bonds. The number of ether oxygens (including phenoxy) is 1. The van der Waals surface area contributed by atoms with Crippen LogP contribution in [0.5, 0.6) is 5.75 Å². The van der Waals surface area contributed by atoms with Crippen LogP contribution in [0.25, 0.3) is 0 Å². The Kier molecular flexibility index (Phi) is 10.1. The van der Waals surface area contributed by atoms with Gasteiger partial charge in [0.1, 0.15) is 11.8 Å². The Bertz CT molecular complexity index is 1110. The fraction of sp³-hybridized carbons (Fsp3) is 0.333. The van der Waals surface area contributed by atoms with Crippen molar-refractivity contribution in [3.05, 3.63) is 100 Å². The summed E-state index contributed by atoms with van der Waals surface area (Å²) >= 11 is 3.46. The van der Waals surface area contributed by atoms with Gasteiger partial charge in [-0.2, -0.15) is 0 Å². The molecule has 0 bridgehead atoms. The minimum absolute atomic E-state index is 0.0453. The summed E-state index contributed by atoms with van der Waals surface area (Å²) < 4.78 is 6.83. The van der Waals surface area contributed by atoms with Crippen LogP contribution in [0.2, 0.25) is 0 Å². The van der Waals surface area contributed by atoms with Crippen LogP contribution in [0.15, 0.2) is 83.3 Å². The van der Waals surface area contributed by atoms with E-state index in [1.807, 2.05) is 92.7 Å². The van der Waals surface area contributed by atoms with E-state index in [4.69, 9.17) is 4.74 Å². The van der Waals surface area contributed by atoms with Gasteiger partial charge in [-0.15, -0.1) is 0 Å². The summed E-state index contributed by atoms with van der Waals surface area (Å²) in [5.74, 6) is 0.620. The molecule has 0 saturated carbocycles. The molecule has 0 aromatic heterocycles. The second kappa shape index (κ2) is 13.3. The summed E-state index contributed by atoms with van der Waals surface area (Å²) in [7, 11) is 0. The second-order valence-corrected chi connectivity index (χ2v) is 10.4. The highest BCUT2D eigenvalue weighted by Crippen LogP contribution is 2.20.